The number of halogens is 1. The number of hydrogen-bond donors (Lipinski definition) is 2. The molecule has 1 heterocycles. The lowest BCUT2D eigenvalue weighted by Crippen LogP contribution is -2.15. The van der Waals surface area contributed by atoms with Crippen molar-refractivity contribution in [3.8, 4) is 5.75 Å². The molecule has 0 fully saturated rings. The second-order valence-electron chi connectivity index (χ2n) is 4.10. The van der Waals surface area contributed by atoms with E-state index in [1.165, 1.54) is 6.26 Å². The molecule has 1 aromatic heterocycles. The molecule has 2 N–H and O–H groups in total. The van der Waals surface area contributed by atoms with Crippen molar-refractivity contribution >= 4 is 17.6 Å². The lowest BCUT2D eigenvalue weighted by molar-refractivity contribution is 0.0660. The average Bonchev–Trinajstić information content (AvgIpc) is 2.89. The van der Waals surface area contributed by atoms with E-state index in [2.05, 4.69) is 5.32 Å². The van der Waals surface area contributed by atoms with Crippen molar-refractivity contribution in [1.29, 1.82) is 0 Å². The van der Waals surface area contributed by atoms with Crippen molar-refractivity contribution in [2.75, 3.05) is 7.11 Å². The Hall–Kier alpha value is -1.98. The highest BCUT2D eigenvalue weighted by atomic mass is 35.5. The minimum Gasteiger partial charge on any atom is -0.496 e. The number of benzene rings is 1. The zero-order valence-electron chi connectivity index (χ0n) is 10.9. The number of ether oxygens (including phenoxy) is 1. The summed E-state index contributed by atoms with van der Waals surface area (Å²) in [7, 11) is 1.58. The van der Waals surface area contributed by atoms with Crippen molar-refractivity contribution in [1.82, 2.24) is 5.32 Å². The van der Waals surface area contributed by atoms with Gasteiger partial charge in [0.05, 0.1) is 13.4 Å². The van der Waals surface area contributed by atoms with Crippen molar-refractivity contribution in [2.45, 2.75) is 13.1 Å². The molecule has 5 nitrogen and oxygen atoms in total. The summed E-state index contributed by atoms with van der Waals surface area (Å²) >= 11 is 6.12. The van der Waals surface area contributed by atoms with Crippen LogP contribution in [-0.2, 0) is 13.1 Å². The minimum atomic E-state index is -1.08. The van der Waals surface area contributed by atoms with Crippen LogP contribution in [0.4, 0.5) is 0 Å². The van der Waals surface area contributed by atoms with Gasteiger partial charge in [0.25, 0.3) is 0 Å². The normalized spacial score (nSPS) is 10.5. The summed E-state index contributed by atoms with van der Waals surface area (Å²) in [6, 6.07) is 7.04. The Bertz CT molecular complexity index is 609. The van der Waals surface area contributed by atoms with Gasteiger partial charge >= 0.3 is 5.97 Å². The third-order valence-corrected chi connectivity index (χ3v) is 3.21. The number of nitrogens with one attached hydrogen (secondary N) is 1. The van der Waals surface area contributed by atoms with Gasteiger partial charge < -0.3 is 19.6 Å². The lowest BCUT2D eigenvalue weighted by Gasteiger charge is -2.11. The van der Waals surface area contributed by atoms with Gasteiger partial charge in [0.15, 0.2) is 0 Å². The number of hydrogen-bond acceptors (Lipinski definition) is 4. The van der Waals surface area contributed by atoms with Gasteiger partial charge in [-0.3, -0.25) is 0 Å². The molecule has 0 aliphatic rings. The standard InChI is InChI=1S/C14H14ClNO4/c1-19-12-4-2-3-11(15)10(12)8-16-7-9-5-6-20-13(9)14(17)18/h2-6,16H,7-8H2,1H3,(H,17,18). The van der Waals surface area contributed by atoms with E-state index in [9.17, 15) is 4.79 Å². The topological polar surface area (TPSA) is 71.7 Å². The Morgan fingerprint density at radius 3 is 2.90 bits per heavy atom. The smallest absolute Gasteiger partial charge is 0.372 e. The third kappa shape index (κ3) is 3.12. The molecule has 0 unspecified atom stereocenters. The van der Waals surface area contributed by atoms with Crippen LogP contribution < -0.4 is 10.1 Å². The molecule has 20 heavy (non-hydrogen) atoms. The summed E-state index contributed by atoms with van der Waals surface area (Å²) in [6.07, 6.45) is 1.36. The van der Waals surface area contributed by atoms with Gasteiger partial charge in [0.2, 0.25) is 5.76 Å². The Morgan fingerprint density at radius 2 is 2.20 bits per heavy atom. The number of aromatic carboxylic acids is 1. The van der Waals surface area contributed by atoms with Crippen LogP contribution in [0.15, 0.2) is 34.9 Å². The molecule has 2 aromatic rings. The van der Waals surface area contributed by atoms with Crippen LogP contribution in [0.1, 0.15) is 21.7 Å². The summed E-state index contributed by atoms with van der Waals surface area (Å²) in [4.78, 5) is 10.9. The van der Waals surface area contributed by atoms with E-state index in [4.69, 9.17) is 25.9 Å². The van der Waals surface area contributed by atoms with Gasteiger partial charge in [-0.1, -0.05) is 17.7 Å². The van der Waals surface area contributed by atoms with Gasteiger partial charge in [0, 0.05) is 29.2 Å². The maximum absolute atomic E-state index is 10.9. The number of methoxy groups -OCH3 is 1. The van der Waals surface area contributed by atoms with Gasteiger partial charge in [0.1, 0.15) is 5.75 Å². The minimum absolute atomic E-state index is 0.0522. The van der Waals surface area contributed by atoms with E-state index in [1.807, 2.05) is 12.1 Å². The number of rotatable bonds is 6. The molecule has 6 heteroatoms. The summed E-state index contributed by atoms with van der Waals surface area (Å²) in [5.41, 5.74) is 1.42. The molecule has 0 atom stereocenters. The van der Waals surface area contributed by atoms with Crippen LogP contribution in [0.3, 0.4) is 0 Å². The first-order valence-electron chi connectivity index (χ1n) is 5.95. The van der Waals surface area contributed by atoms with E-state index in [1.54, 1.807) is 19.2 Å². The molecule has 0 radical (unpaired) electrons. The predicted molar refractivity (Wildman–Crippen MR) is 74.2 cm³/mol. The highest BCUT2D eigenvalue weighted by Gasteiger charge is 2.14. The SMILES string of the molecule is COc1cccc(Cl)c1CNCc1ccoc1C(=O)O. The first kappa shape index (κ1) is 14.4. The molecule has 0 amide bonds. The maximum Gasteiger partial charge on any atom is 0.372 e. The molecular weight excluding hydrogens is 282 g/mol. The van der Waals surface area contributed by atoms with Crippen LogP contribution in [0, 0.1) is 0 Å². The zero-order valence-corrected chi connectivity index (χ0v) is 11.6. The first-order valence-corrected chi connectivity index (χ1v) is 6.33. The maximum atomic E-state index is 10.9. The fourth-order valence-electron chi connectivity index (χ4n) is 1.89. The molecule has 0 saturated carbocycles. The van der Waals surface area contributed by atoms with Gasteiger partial charge in [-0.2, -0.15) is 0 Å². The van der Waals surface area contributed by atoms with Gasteiger partial charge in [-0.25, -0.2) is 4.79 Å². The van der Waals surface area contributed by atoms with Crippen LogP contribution in [0.25, 0.3) is 0 Å². The van der Waals surface area contributed by atoms with Crippen LogP contribution in [-0.4, -0.2) is 18.2 Å². The second-order valence-corrected chi connectivity index (χ2v) is 4.51. The monoisotopic (exact) mass is 295 g/mol. The van der Waals surface area contributed by atoms with Gasteiger partial charge in [-0.05, 0) is 18.2 Å². The molecule has 0 aliphatic heterocycles. The predicted octanol–water partition coefficient (Wildman–Crippen LogP) is 2.93. The van der Waals surface area contributed by atoms with E-state index < -0.39 is 5.97 Å². The van der Waals surface area contributed by atoms with Crippen molar-refractivity contribution < 1.29 is 19.1 Å². The molecule has 0 bridgehead atoms. The second kappa shape index (κ2) is 6.45. The van der Waals surface area contributed by atoms with Crippen LogP contribution >= 0.6 is 11.6 Å². The van der Waals surface area contributed by atoms with Crippen molar-refractivity contribution in [3.63, 3.8) is 0 Å². The largest absolute Gasteiger partial charge is 0.496 e. The lowest BCUT2D eigenvalue weighted by atomic mass is 10.2. The highest BCUT2D eigenvalue weighted by Crippen LogP contribution is 2.26. The number of carboxylic acid groups (broad SMARTS) is 1. The molecule has 2 rings (SSSR count). The number of carboxylic acids is 1. The Labute approximate surface area is 121 Å². The third-order valence-electron chi connectivity index (χ3n) is 2.85. The molecule has 1 aromatic carbocycles. The summed E-state index contributed by atoms with van der Waals surface area (Å²) in [6.45, 7) is 0.833. The quantitative estimate of drug-likeness (QED) is 0.857. The Morgan fingerprint density at radius 1 is 1.40 bits per heavy atom. The Balaban J connectivity index is 2.03. The number of carbonyl (C=O) groups is 1. The van der Waals surface area contributed by atoms with E-state index in [0.717, 1.165) is 5.56 Å². The average molecular weight is 296 g/mol. The van der Waals surface area contributed by atoms with E-state index >= 15 is 0 Å². The molecule has 0 saturated heterocycles. The fourth-order valence-corrected chi connectivity index (χ4v) is 2.12. The fraction of sp³-hybridized carbons (Fsp3) is 0.214. The van der Waals surface area contributed by atoms with Crippen molar-refractivity contribution in [2.24, 2.45) is 0 Å². The first-order chi connectivity index (χ1) is 9.63. The zero-order chi connectivity index (χ0) is 14.5. The highest BCUT2D eigenvalue weighted by molar-refractivity contribution is 6.31. The Kier molecular flexibility index (Phi) is 4.65. The molecule has 0 aliphatic carbocycles. The molecule has 0 spiro atoms. The number of furan rings is 1. The van der Waals surface area contributed by atoms with Gasteiger partial charge in [-0.15, -0.1) is 0 Å². The van der Waals surface area contributed by atoms with E-state index in [-0.39, 0.29) is 5.76 Å². The van der Waals surface area contributed by atoms with Crippen LogP contribution in [0.2, 0.25) is 5.02 Å². The summed E-state index contributed by atoms with van der Waals surface area (Å²) in [5.74, 6) is -0.443. The summed E-state index contributed by atoms with van der Waals surface area (Å²) < 4.78 is 10.1. The van der Waals surface area contributed by atoms with E-state index in [0.29, 0.717) is 29.4 Å². The van der Waals surface area contributed by atoms with Crippen molar-refractivity contribution in [3.05, 3.63) is 52.4 Å². The summed E-state index contributed by atoms with van der Waals surface area (Å²) in [5, 5.41) is 12.7. The molecule has 106 valence electrons. The van der Waals surface area contributed by atoms with Crippen LogP contribution in [0.5, 0.6) is 5.75 Å². The molecular formula is C14H14ClNO4.